The minimum absolute atomic E-state index is 0.00124. The number of furan rings is 1. The van der Waals surface area contributed by atoms with Gasteiger partial charge in [-0.3, -0.25) is 0 Å². The number of rotatable bonds is 6. The van der Waals surface area contributed by atoms with Crippen molar-refractivity contribution in [1.29, 1.82) is 0 Å². The quantitative estimate of drug-likeness (QED) is 0.856. The fourth-order valence-electron chi connectivity index (χ4n) is 1.58. The van der Waals surface area contributed by atoms with E-state index in [2.05, 4.69) is 10.1 Å². The second-order valence-corrected chi connectivity index (χ2v) is 3.98. The molecule has 1 heterocycles. The normalized spacial score (nSPS) is 10.7. The fraction of sp³-hybridized carbons (Fsp3) is 0.154. The Bertz CT molecular complexity index is 642. The van der Waals surface area contributed by atoms with Gasteiger partial charge in [-0.15, -0.1) is 0 Å². The van der Waals surface area contributed by atoms with E-state index in [1.54, 1.807) is 0 Å². The maximum absolute atomic E-state index is 13.4. The summed E-state index contributed by atoms with van der Waals surface area (Å²) >= 11 is 0. The van der Waals surface area contributed by atoms with Crippen LogP contribution in [0.3, 0.4) is 0 Å². The summed E-state index contributed by atoms with van der Waals surface area (Å²) in [5, 5.41) is 11.5. The Morgan fingerprint density at radius 1 is 1.38 bits per heavy atom. The molecule has 0 aliphatic heterocycles. The van der Waals surface area contributed by atoms with E-state index >= 15 is 0 Å². The molecule has 0 spiro atoms. The zero-order valence-electron chi connectivity index (χ0n) is 10.5. The highest BCUT2D eigenvalue weighted by atomic mass is 19.3. The van der Waals surface area contributed by atoms with E-state index in [9.17, 15) is 18.0 Å². The lowest BCUT2D eigenvalue weighted by atomic mass is 10.2. The number of anilines is 1. The standard InChI is InChI=1S/C13H10F3NO4/c14-10-4-8(1-2-11(10)21-13(15)16)17-5-9-3-7(6-20-9)12(18)19/h1-4,6,13,17H,5H2,(H,18,19). The van der Waals surface area contributed by atoms with Crippen molar-refractivity contribution in [1.82, 2.24) is 0 Å². The number of hydrogen-bond donors (Lipinski definition) is 2. The van der Waals surface area contributed by atoms with Crippen LogP contribution >= 0.6 is 0 Å². The van der Waals surface area contributed by atoms with Crippen LogP contribution in [-0.4, -0.2) is 17.7 Å². The van der Waals surface area contributed by atoms with Gasteiger partial charge in [0.1, 0.15) is 12.0 Å². The van der Waals surface area contributed by atoms with E-state index in [0.29, 0.717) is 11.4 Å². The number of ether oxygens (including phenoxy) is 1. The van der Waals surface area contributed by atoms with Crippen LogP contribution in [0.2, 0.25) is 0 Å². The third-order valence-electron chi connectivity index (χ3n) is 2.52. The Balaban J connectivity index is 1.99. The number of aromatic carboxylic acids is 1. The minimum Gasteiger partial charge on any atom is -0.478 e. The van der Waals surface area contributed by atoms with Gasteiger partial charge >= 0.3 is 12.6 Å². The van der Waals surface area contributed by atoms with Gasteiger partial charge in [0.25, 0.3) is 0 Å². The van der Waals surface area contributed by atoms with Crippen molar-refractivity contribution in [2.45, 2.75) is 13.2 Å². The Morgan fingerprint density at radius 3 is 2.71 bits per heavy atom. The van der Waals surface area contributed by atoms with Crippen molar-refractivity contribution >= 4 is 11.7 Å². The number of hydrogen-bond acceptors (Lipinski definition) is 4. The molecule has 21 heavy (non-hydrogen) atoms. The highest BCUT2D eigenvalue weighted by Crippen LogP contribution is 2.23. The average molecular weight is 301 g/mol. The SMILES string of the molecule is O=C(O)c1coc(CNc2ccc(OC(F)F)c(F)c2)c1. The molecule has 8 heteroatoms. The van der Waals surface area contributed by atoms with Gasteiger partial charge in [-0.05, 0) is 18.2 Å². The van der Waals surface area contributed by atoms with Crippen LogP contribution in [0.4, 0.5) is 18.9 Å². The van der Waals surface area contributed by atoms with Crippen molar-refractivity contribution in [3.05, 3.63) is 47.7 Å². The lowest BCUT2D eigenvalue weighted by Gasteiger charge is -2.08. The minimum atomic E-state index is -3.10. The van der Waals surface area contributed by atoms with E-state index in [-0.39, 0.29) is 12.1 Å². The molecule has 0 saturated heterocycles. The Morgan fingerprint density at radius 2 is 2.14 bits per heavy atom. The molecule has 0 aliphatic rings. The summed E-state index contributed by atoms with van der Waals surface area (Å²) in [6.07, 6.45) is 1.08. The van der Waals surface area contributed by atoms with Gasteiger partial charge in [0.05, 0.1) is 12.1 Å². The van der Waals surface area contributed by atoms with Gasteiger partial charge in [-0.2, -0.15) is 8.78 Å². The molecule has 0 aliphatic carbocycles. The fourth-order valence-corrected chi connectivity index (χ4v) is 1.58. The molecule has 1 aromatic carbocycles. The summed E-state index contributed by atoms with van der Waals surface area (Å²) in [4.78, 5) is 10.7. The Kier molecular flexibility index (Phi) is 4.36. The van der Waals surface area contributed by atoms with Gasteiger partial charge in [0, 0.05) is 11.8 Å². The summed E-state index contributed by atoms with van der Waals surface area (Å²) in [6.45, 7) is -2.99. The van der Waals surface area contributed by atoms with Crippen molar-refractivity contribution in [2.24, 2.45) is 0 Å². The van der Waals surface area contributed by atoms with E-state index in [4.69, 9.17) is 9.52 Å². The topological polar surface area (TPSA) is 71.7 Å². The molecule has 112 valence electrons. The van der Waals surface area contributed by atoms with Crippen LogP contribution in [0.25, 0.3) is 0 Å². The van der Waals surface area contributed by atoms with Crippen LogP contribution in [0, 0.1) is 5.82 Å². The number of carboxylic acid groups (broad SMARTS) is 1. The second kappa shape index (κ2) is 6.21. The molecular weight excluding hydrogens is 291 g/mol. The van der Waals surface area contributed by atoms with Gasteiger partial charge in [-0.1, -0.05) is 0 Å². The van der Waals surface area contributed by atoms with E-state index in [0.717, 1.165) is 18.4 Å². The first-order valence-corrected chi connectivity index (χ1v) is 5.74. The van der Waals surface area contributed by atoms with Gasteiger partial charge < -0.3 is 19.6 Å². The smallest absolute Gasteiger partial charge is 0.387 e. The lowest BCUT2D eigenvalue weighted by Crippen LogP contribution is -2.04. The molecule has 5 nitrogen and oxygen atoms in total. The van der Waals surface area contributed by atoms with Crippen LogP contribution in [0.15, 0.2) is 34.9 Å². The molecule has 0 saturated carbocycles. The zero-order chi connectivity index (χ0) is 15.4. The first-order valence-electron chi connectivity index (χ1n) is 5.74. The number of alkyl halides is 2. The van der Waals surface area contributed by atoms with Crippen molar-refractivity contribution in [3.8, 4) is 5.75 Å². The van der Waals surface area contributed by atoms with Crippen molar-refractivity contribution in [2.75, 3.05) is 5.32 Å². The Labute approximate surface area is 116 Å². The molecule has 0 amide bonds. The van der Waals surface area contributed by atoms with E-state index < -0.39 is 24.1 Å². The molecule has 0 unspecified atom stereocenters. The molecular formula is C13H10F3NO4. The number of benzene rings is 1. The summed E-state index contributed by atoms with van der Waals surface area (Å²) < 4.78 is 46.4. The number of carboxylic acids is 1. The highest BCUT2D eigenvalue weighted by molar-refractivity contribution is 5.87. The molecule has 0 bridgehead atoms. The molecule has 2 N–H and O–H groups in total. The number of carbonyl (C=O) groups is 1. The van der Waals surface area contributed by atoms with Gasteiger partial charge in [-0.25, -0.2) is 9.18 Å². The zero-order valence-corrected chi connectivity index (χ0v) is 10.5. The number of nitrogens with one attached hydrogen (secondary N) is 1. The molecule has 2 aromatic rings. The molecule has 1 aromatic heterocycles. The van der Waals surface area contributed by atoms with Crippen molar-refractivity contribution < 1.29 is 32.2 Å². The Hall–Kier alpha value is -2.64. The van der Waals surface area contributed by atoms with Gasteiger partial charge in [0.2, 0.25) is 0 Å². The highest BCUT2D eigenvalue weighted by Gasteiger charge is 2.11. The van der Waals surface area contributed by atoms with E-state index in [1.165, 1.54) is 12.1 Å². The first-order chi connectivity index (χ1) is 9.95. The second-order valence-electron chi connectivity index (χ2n) is 3.98. The first kappa shape index (κ1) is 14.8. The van der Waals surface area contributed by atoms with Crippen LogP contribution in [0.1, 0.15) is 16.1 Å². The average Bonchev–Trinajstić information content (AvgIpc) is 2.88. The monoisotopic (exact) mass is 301 g/mol. The maximum Gasteiger partial charge on any atom is 0.387 e. The van der Waals surface area contributed by atoms with E-state index in [1.807, 2.05) is 0 Å². The molecule has 0 radical (unpaired) electrons. The third kappa shape index (κ3) is 3.91. The predicted octanol–water partition coefficient (Wildman–Crippen LogP) is 3.33. The third-order valence-corrected chi connectivity index (χ3v) is 2.52. The van der Waals surface area contributed by atoms with Gasteiger partial charge in [0.15, 0.2) is 11.6 Å². The van der Waals surface area contributed by atoms with Crippen molar-refractivity contribution in [3.63, 3.8) is 0 Å². The summed E-state index contributed by atoms with van der Waals surface area (Å²) in [6, 6.07) is 4.72. The summed E-state index contributed by atoms with van der Waals surface area (Å²) in [5.74, 6) is -2.28. The molecule has 0 fully saturated rings. The summed E-state index contributed by atoms with van der Waals surface area (Å²) in [5.41, 5.74) is 0.307. The summed E-state index contributed by atoms with van der Waals surface area (Å²) in [7, 11) is 0. The molecule has 2 rings (SSSR count). The predicted molar refractivity (Wildman–Crippen MR) is 66.0 cm³/mol. The molecule has 0 atom stereocenters. The van der Waals surface area contributed by atoms with Crippen LogP contribution < -0.4 is 10.1 Å². The van der Waals surface area contributed by atoms with Crippen LogP contribution in [0.5, 0.6) is 5.75 Å². The van der Waals surface area contributed by atoms with Crippen LogP contribution in [-0.2, 0) is 6.54 Å². The largest absolute Gasteiger partial charge is 0.478 e. The maximum atomic E-state index is 13.4. The lowest BCUT2D eigenvalue weighted by molar-refractivity contribution is -0.0521. The number of halogens is 3.